The van der Waals surface area contributed by atoms with Crippen molar-refractivity contribution in [2.24, 2.45) is 0 Å². The maximum Gasteiger partial charge on any atom is 0.274 e. The molecule has 0 aliphatic carbocycles. The molecule has 0 atom stereocenters. The molecule has 1 fully saturated rings. The third-order valence-electron chi connectivity index (χ3n) is 4.57. The molecule has 27 heavy (non-hydrogen) atoms. The molecule has 1 saturated heterocycles. The number of hydrogen-bond donors (Lipinski definition) is 0. The molecule has 3 aromatic rings. The number of sulfonamides is 1. The van der Waals surface area contributed by atoms with Crippen molar-refractivity contribution in [3.8, 4) is 5.19 Å². The van der Waals surface area contributed by atoms with Crippen LogP contribution >= 0.6 is 11.3 Å². The normalized spacial score (nSPS) is 16.9. The Morgan fingerprint density at radius 2 is 2.04 bits per heavy atom. The van der Waals surface area contributed by atoms with E-state index in [9.17, 15) is 12.8 Å². The monoisotopic (exact) mass is 411 g/mol. The molecule has 4 rings (SSSR count). The molecule has 0 N–H and O–H groups in total. The lowest BCUT2D eigenvalue weighted by Crippen LogP contribution is -2.42. The van der Waals surface area contributed by atoms with E-state index in [2.05, 4.69) is 10.1 Å². The van der Waals surface area contributed by atoms with E-state index in [4.69, 9.17) is 9.26 Å². The Hall–Kier alpha value is -2.04. The Kier molecular flexibility index (Phi) is 4.65. The highest BCUT2D eigenvalue weighted by atomic mass is 32.2. The summed E-state index contributed by atoms with van der Waals surface area (Å²) in [4.78, 5) is 4.50. The predicted octanol–water partition coefficient (Wildman–Crippen LogP) is 3.27. The molecule has 3 heterocycles. The highest BCUT2D eigenvalue weighted by molar-refractivity contribution is 7.89. The van der Waals surface area contributed by atoms with Crippen molar-refractivity contribution in [2.75, 3.05) is 13.1 Å². The predicted molar refractivity (Wildman–Crippen MR) is 98.0 cm³/mol. The van der Waals surface area contributed by atoms with Crippen LogP contribution in [0.1, 0.15) is 24.3 Å². The summed E-state index contributed by atoms with van der Waals surface area (Å²) in [7, 11) is -3.63. The lowest BCUT2D eigenvalue weighted by molar-refractivity contribution is 0.135. The lowest BCUT2D eigenvalue weighted by Gasteiger charge is -2.30. The Morgan fingerprint density at radius 3 is 2.70 bits per heavy atom. The molecule has 1 aliphatic heterocycles. The fourth-order valence-corrected chi connectivity index (χ4v) is 5.90. The van der Waals surface area contributed by atoms with Crippen molar-refractivity contribution >= 4 is 31.6 Å². The maximum absolute atomic E-state index is 13.3. The minimum atomic E-state index is -3.63. The van der Waals surface area contributed by atoms with Crippen LogP contribution in [0, 0.1) is 19.7 Å². The fraction of sp³-hybridized carbons (Fsp3) is 0.412. The molecule has 10 heteroatoms. The number of thiazole rings is 1. The highest BCUT2D eigenvalue weighted by Crippen LogP contribution is 2.31. The summed E-state index contributed by atoms with van der Waals surface area (Å²) in [6, 6.07) is 4.41. The van der Waals surface area contributed by atoms with Gasteiger partial charge in [0.1, 0.15) is 22.5 Å². The Balaban J connectivity index is 1.44. The van der Waals surface area contributed by atoms with Gasteiger partial charge in [-0.3, -0.25) is 0 Å². The van der Waals surface area contributed by atoms with Gasteiger partial charge in [-0.05, 0) is 44.9 Å². The van der Waals surface area contributed by atoms with Crippen LogP contribution in [0.2, 0.25) is 0 Å². The number of nitrogens with zero attached hydrogens (tertiary/aromatic N) is 3. The average Bonchev–Trinajstić information content (AvgIpc) is 3.17. The van der Waals surface area contributed by atoms with Crippen molar-refractivity contribution in [3.05, 3.63) is 35.5 Å². The molecule has 2 aromatic heterocycles. The molecule has 0 saturated carbocycles. The summed E-state index contributed by atoms with van der Waals surface area (Å²) < 4.78 is 52.1. The number of ether oxygens (including phenoxy) is 1. The van der Waals surface area contributed by atoms with E-state index < -0.39 is 10.0 Å². The summed E-state index contributed by atoms with van der Waals surface area (Å²) in [5.41, 5.74) is 1.06. The van der Waals surface area contributed by atoms with Gasteiger partial charge in [-0.2, -0.15) is 4.31 Å². The van der Waals surface area contributed by atoms with E-state index >= 15 is 0 Å². The number of rotatable bonds is 4. The van der Waals surface area contributed by atoms with Crippen LogP contribution in [0.4, 0.5) is 4.39 Å². The number of aryl methyl sites for hydroxylation is 2. The van der Waals surface area contributed by atoms with E-state index in [1.807, 2.05) is 0 Å². The number of aromatic nitrogens is 2. The van der Waals surface area contributed by atoms with Gasteiger partial charge in [-0.25, -0.2) is 17.8 Å². The van der Waals surface area contributed by atoms with E-state index in [0.29, 0.717) is 48.1 Å². The van der Waals surface area contributed by atoms with Crippen molar-refractivity contribution in [2.45, 2.75) is 37.7 Å². The van der Waals surface area contributed by atoms with Crippen molar-refractivity contribution in [3.63, 3.8) is 0 Å². The zero-order chi connectivity index (χ0) is 19.2. The van der Waals surface area contributed by atoms with Gasteiger partial charge in [0.15, 0.2) is 5.76 Å². The van der Waals surface area contributed by atoms with E-state index in [1.165, 1.54) is 27.8 Å². The SMILES string of the molecule is Cc1noc(C)c1S(=O)(=O)N1CCC(Oc2nc3ccc(F)cc3s2)CC1. The van der Waals surface area contributed by atoms with Crippen LogP contribution < -0.4 is 4.74 Å². The minimum absolute atomic E-state index is 0.133. The largest absolute Gasteiger partial charge is 0.467 e. The van der Waals surface area contributed by atoms with Gasteiger partial charge >= 0.3 is 0 Å². The topological polar surface area (TPSA) is 85.5 Å². The van der Waals surface area contributed by atoms with Crippen molar-refractivity contribution in [1.29, 1.82) is 0 Å². The summed E-state index contributed by atoms with van der Waals surface area (Å²) in [5, 5.41) is 4.21. The van der Waals surface area contributed by atoms with Gasteiger partial charge in [-0.15, -0.1) is 0 Å². The maximum atomic E-state index is 13.3. The van der Waals surface area contributed by atoms with Crippen LogP contribution in [0.15, 0.2) is 27.6 Å². The quantitative estimate of drug-likeness (QED) is 0.655. The summed E-state index contributed by atoms with van der Waals surface area (Å²) >= 11 is 1.29. The Bertz CT molecular complexity index is 1070. The molecule has 0 radical (unpaired) electrons. The average molecular weight is 411 g/mol. The van der Waals surface area contributed by atoms with Gasteiger partial charge in [0.2, 0.25) is 10.0 Å². The van der Waals surface area contributed by atoms with Gasteiger partial charge in [-0.1, -0.05) is 16.5 Å². The van der Waals surface area contributed by atoms with Gasteiger partial charge < -0.3 is 9.26 Å². The van der Waals surface area contributed by atoms with E-state index in [1.54, 1.807) is 19.9 Å². The van der Waals surface area contributed by atoms with E-state index in [0.717, 1.165) is 4.70 Å². The third kappa shape index (κ3) is 3.44. The molecule has 144 valence electrons. The minimum Gasteiger partial charge on any atom is -0.467 e. The summed E-state index contributed by atoms with van der Waals surface area (Å²) in [6.45, 7) is 3.90. The molecule has 1 aliphatic rings. The molecule has 1 aromatic carbocycles. The first-order valence-corrected chi connectivity index (χ1v) is 10.8. The van der Waals surface area contributed by atoms with Crippen molar-refractivity contribution in [1.82, 2.24) is 14.4 Å². The smallest absolute Gasteiger partial charge is 0.274 e. The van der Waals surface area contributed by atoms with Gasteiger partial charge in [0, 0.05) is 13.1 Å². The standard InChI is InChI=1S/C17H18FN3O4S2/c1-10-16(11(2)25-20-10)27(22,23)21-7-5-13(6-8-21)24-17-19-14-4-3-12(18)9-15(14)26-17/h3-4,9,13H,5-8H2,1-2H3. The molecular weight excluding hydrogens is 393 g/mol. The number of benzene rings is 1. The molecule has 0 bridgehead atoms. The number of hydrogen-bond acceptors (Lipinski definition) is 7. The first kappa shape index (κ1) is 18.3. The second-order valence-electron chi connectivity index (χ2n) is 6.47. The number of halogens is 1. The zero-order valence-electron chi connectivity index (χ0n) is 14.8. The molecule has 0 unspecified atom stereocenters. The van der Waals surface area contributed by atoms with E-state index in [-0.39, 0.29) is 16.8 Å². The van der Waals surface area contributed by atoms with Crippen LogP contribution in [-0.2, 0) is 10.0 Å². The summed E-state index contributed by atoms with van der Waals surface area (Å²) in [5.74, 6) is -0.0110. The summed E-state index contributed by atoms with van der Waals surface area (Å²) in [6.07, 6.45) is 0.964. The van der Waals surface area contributed by atoms with Gasteiger partial charge in [0.05, 0.1) is 10.2 Å². The molecule has 0 amide bonds. The van der Waals surface area contributed by atoms with Crippen LogP contribution in [0.3, 0.4) is 0 Å². The zero-order valence-corrected chi connectivity index (χ0v) is 16.4. The number of fused-ring (bicyclic) bond motifs is 1. The first-order chi connectivity index (χ1) is 12.8. The van der Waals surface area contributed by atoms with Crippen LogP contribution in [-0.4, -0.2) is 42.1 Å². The highest BCUT2D eigenvalue weighted by Gasteiger charge is 2.34. The second-order valence-corrected chi connectivity index (χ2v) is 9.33. The third-order valence-corrected chi connectivity index (χ3v) is 7.62. The fourth-order valence-electron chi connectivity index (χ4n) is 3.23. The molecular formula is C17H18FN3O4S2. The first-order valence-electron chi connectivity index (χ1n) is 8.50. The Labute approximate surface area is 159 Å². The van der Waals surface area contributed by atoms with Crippen molar-refractivity contribution < 1.29 is 22.1 Å². The number of piperidine rings is 1. The molecule has 0 spiro atoms. The lowest BCUT2D eigenvalue weighted by atomic mass is 10.1. The van der Waals surface area contributed by atoms with Crippen LogP contribution in [0.25, 0.3) is 10.2 Å². The second kappa shape index (κ2) is 6.84. The molecule has 7 nitrogen and oxygen atoms in total. The van der Waals surface area contributed by atoms with Crippen LogP contribution in [0.5, 0.6) is 5.19 Å². The van der Waals surface area contributed by atoms with Gasteiger partial charge in [0.25, 0.3) is 5.19 Å². The Morgan fingerprint density at radius 1 is 1.30 bits per heavy atom.